The lowest BCUT2D eigenvalue weighted by Gasteiger charge is -2.06. The van der Waals surface area contributed by atoms with Crippen molar-refractivity contribution in [2.75, 3.05) is 5.32 Å². The Hall–Kier alpha value is -3.56. The van der Waals surface area contributed by atoms with Crippen LogP contribution in [0.4, 0.5) is 18.9 Å². The molecule has 7 nitrogen and oxygen atoms in total. The van der Waals surface area contributed by atoms with Crippen LogP contribution in [0.1, 0.15) is 21.7 Å². The van der Waals surface area contributed by atoms with Gasteiger partial charge in [0.15, 0.2) is 0 Å². The Balaban J connectivity index is 0.000000345. The third-order valence-electron chi connectivity index (χ3n) is 3.50. The van der Waals surface area contributed by atoms with Gasteiger partial charge in [-0.1, -0.05) is 0 Å². The van der Waals surface area contributed by atoms with Crippen molar-refractivity contribution in [3.63, 3.8) is 0 Å². The summed E-state index contributed by atoms with van der Waals surface area (Å²) in [5.74, 6) is -2.95. The number of pyridine rings is 1. The van der Waals surface area contributed by atoms with Crippen LogP contribution in [-0.2, 0) is 4.79 Å². The number of carboxylic acids is 1. The Bertz CT molecular complexity index is 1010. The molecule has 146 valence electrons. The number of carbonyl (C=O) groups is 2. The molecule has 1 aromatic carbocycles. The maximum atomic E-state index is 12.2. The summed E-state index contributed by atoms with van der Waals surface area (Å²) in [6, 6.07) is 8.87. The van der Waals surface area contributed by atoms with Gasteiger partial charge in [0.1, 0.15) is 0 Å². The van der Waals surface area contributed by atoms with Crippen molar-refractivity contribution in [3.8, 4) is 0 Å². The maximum absolute atomic E-state index is 12.2. The number of aryl methyl sites for hydroxylation is 2. The third-order valence-corrected chi connectivity index (χ3v) is 3.50. The zero-order valence-corrected chi connectivity index (χ0v) is 14.8. The second kappa shape index (κ2) is 8.42. The van der Waals surface area contributed by atoms with Crippen molar-refractivity contribution in [2.24, 2.45) is 0 Å². The first-order chi connectivity index (χ1) is 13.1. The molecule has 0 bridgehead atoms. The monoisotopic (exact) mass is 392 g/mol. The Morgan fingerprint density at radius 2 is 1.64 bits per heavy atom. The molecule has 2 N–H and O–H groups in total. The van der Waals surface area contributed by atoms with E-state index in [9.17, 15) is 18.0 Å². The number of fused-ring (bicyclic) bond motifs is 1. The van der Waals surface area contributed by atoms with Crippen molar-refractivity contribution in [2.45, 2.75) is 20.0 Å². The first kappa shape index (κ1) is 20.7. The number of aliphatic carboxylic acids is 1. The molecular weight excluding hydrogens is 377 g/mol. The van der Waals surface area contributed by atoms with E-state index in [1.54, 1.807) is 36.7 Å². The number of carbonyl (C=O) groups excluding carboxylic acids is 1. The van der Waals surface area contributed by atoms with Crippen molar-refractivity contribution < 1.29 is 27.9 Å². The molecule has 0 aliphatic heterocycles. The summed E-state index contributed by atoms with van der Waals surface area (Å²) in [6.45, 7) is 3.83. The molecule has 3 rings (SSSR count). The number of hydrogen-bond acceptors (Lipinski definition) is 5. The largest absolute Gasteiger partial charge is 0.490 e. The lowest BCUT2D eigenvalue weighted by Crippen LogP contribution is -2.21. The number of nitrogens with zero attached hydrogens (tertiary/aromatic N) is 3. The van der Waals surface area contributed by atoms with Crippen molar-refractivity contribution >= 4 is 28.6 Å². The molecule has 0 saturated heterocycles. The van der Waals surface area contributed by atoms with Gasteiger partial charge in [0.25, 0.3) is 5.91 Å². The standard InChI is InChI=1S/C16H14N4O.C2HF3O2/c1-10-11(2)19-15-8-12(5-6-14(15)18-10)16(21)20-13-4-3-7-17-9-13;3-2(4,5)1(6)7/h3-9H,1-2H3,(H,20,21);(H,6,7). The fourth-order valence-corrected chi connectivity index (χ4v) is 2.01. The molecule has 0 unspecified atom stereocenters. The second-order valence-corrected chi connectivity index (χ2v) is 5.60. The van der Waals surface area contributed by atoms with Crippen molar-refractivity contribution in [1.82, 2.24) is 15.0 Å². The second-order valence-electron chi connectivity index (χ2n) is 5.60. The molecule has 10 heteroatoms. The number of carboxylic acid groups (broad SMARTS) is 1. The number of aromatic nitrogens is 3. The van der Waals surface area contributed by atoms with Crippen LogP contribution in [0.15, 0.2) is 42.7 Å². The molecule has 1 amide bonds. The van der Waals surface area contributed by atoms with Crippen LogP contribution in [0.3, 0.4) is 0 Å². The maximum Gasteiger partial charge on any atom is 0.490 e. The number of rotatable bonds is 2. The molecule has 3 aromatic rings. The van der Waals surface area contributed by atoms with Gasteiger partial charge < -0.3 is 10.4 Å². The van der Waals surface area contributed by atoms with Crippen LogP contribution in [0.5, 0.6) is 0 Å². The highest BCUT2D eigenvalue weighted by molar-refractivity contribution is 6.05. The number of nitrogens with one attached hydrogen (secondary N) is 1. The predicted octanol–water partition coefficient (Wildman–Crippen LogP) is 3.53. The van der Waals surface area contributed by atoms with E-state index in [1.165, 1.54) is 0 Å². The zero-order valence-electron chi connectivity index (χ0n) is 14.8. The lowest BCUT2D eigenvalue weighted by molar-refractivity contribution is -0.192. The van der Waals surface area contributed by atoms with Crippen molar-refractivity contribution in [3.05, 3.63) is 59.7 Å². The zero-order chi connectivity index (χ0) is 20.9. The SMILES string of the molecule is Cc1nc2ccc(C(=O)Nc3cccnc3)cc2nc1C.O=C(O)C(F)(F)F. The lowest BCUT2D eigenvalue weighted by atomic mass is 10.1. The minimum atomic E-state index is -5.08. The van der Waals surface area contributed by atoms with Gasteiger partial charge in [-0.3, -0.25) is 9.78 Å². The van der Waals surface area contributed by atoms with Crippen LogP contribution in [0.2, 0.25) is 0 Å². The molecule has 0 aliphatic carbocycles. The minimum absolute atomic E-state index is 0.190. The first-order valence-corrected chi connectivity index (χ1v) is 7.84. The molecule has 0 fully saturated rings. The number of benzene rings is 1. The summed E-state index contributed by atoms with van der Waals surface area (Å²) in [6.07, 6.45) is -1.82. The highest BCUT2D eigenvalue weighted by Gasteiger charge is 2.38. The van der Waals surface area contributed by atoms with Gasteiger partial charge >= 0.3 is 12.1 Å². The smallest absolute Gasteiger partial charge is 0.475 e. The first-order valence-electron chi connectivity index (χ1n) is 7.84. The van der Waals surface area contributed by atoms with E-state index in [2.05, 4.69) is 20.3 Å². The van der Waals surface area contributed by atoms with E-state index in [0.29, 0.717) is 11.3 Å². The summed E-state index contributed by atoms with van der Waals surface area (Å²) in [5, 5.41) is 9.92. The van der Waals surface area contributed by atoms with E-state index in [4.69, 9.17) is 9.90 Å². The van der Waals surface area contributed by atoms with E-state index in [1.807, 2.05) is 19.9 Å². The van der Waals surface area contributed by atoms with Gasteiger partial charge in [-0.05, 0) is 44.2 Å². The molecule has 0 spiro atoms. The summed E-state index contributed by atoms with van der Waals surface area (Å²) in [7, 11) is 0. The number of alkyl halides is 3. The van der Waals surface area contributed by atoms with Gasteiger partial charge in [0.05, 0.1) is 34.3 Å². The van der Waals surface area contributed by atoms with E-state index in [-0.39, 0.29) is 5.91 Å². The molecule has 0 aliphatic rings. The Labute approximate surface area is 157 Å². The average molecular weight is 392 g/mol. The molecule has 0 radical (unpaired) electrons. The van der Waals surface area contributed by atoms with Crippen LogP contribution in [0.25, 0.3) is 11.0 Å². The van der Waals surface area contributed by atoms with Gasteiger partial charge in [0, 0.05) is 11.8 Å². The van der Waals surface area contributed by atoms with Gasteiger partial charge in [0.2, 0.25) is 0 Å². The van der Waals surface area contributed by atoms with Gasteiger partial charge in [-0.2, -0.15) is 13.2 Å². The normalized spacial score (nSPS) is 10.8. The highest BCUT2D eigenvalue weighted by atomic mass is 19.4. The van der Waals surface area contributed by atoms with E-state index >= 15 is 0 Å². The number of amides is 1. The van der Waals surface area contributed by atoms with Crippen molar-refractivity contribution in [1.29, 1.82) is 0 Å². The highest BCUT2D eigenvalue weighted by Crippen LogP contribution is 2.16. The average Bonchev–Trinajstić information content (AvgIpc) is 2.63. The van der Waals surface area contributed by atoms with Gasteiger partial charge in [-0.25, -0.2) is 14.8 Å². The molecule has 2 heterocycles. The number of hydrogen-bond donors (Lipinski definition) is 2. The topological polar surface area (TPSA) is 105 Å². The minimum Gasteiger partial charge on any atom is -0.475 e. The predicted molar refractivity (Wildman–Crippen MR) is 94.9 cm³/mol. The summed E-state index contributed by atoms with van der Waals surface area (Å²) in [4.78, 5) is 34.0. The summed E-state index contributed by atoms with van der Waals surface area (Å²) in [5.41, 5.74) is 4.48. The molecular formula is C18H15F3N4O3. The quantitative estimate of drug-likeness (QED) is 0.691. The molecule has 2 aromatic heterocycles. The Morgan fingerprint density at radius 3 is 2.18 bits per heavy atom. The van der Waals surface area contributed by atoms with E-state index < -0.39 is 12.1 Å². The molecule has 28 heavy (non-hydrogen) atoms. The van der Waals surface area contributed by atoms with Crippen LogP contribution < -0.4 is 5.32 Å². The fourth-order valence-electron chi connectivity index (χ4n) is 2.01. The molecule has 0 saturated carbocycles. The summed E-state index contributed by atoms with van der Waals surface area (Å²) >= 11 is 0. The third kappa shape index (κ3) is 5.47. The van der Waals surface area contributed by atoms with Crippen LogP contribution in [-0.4, -0.2) is 38.1 Å². The van der Waals surface area contributed by atoms with Crippen LogP contribution >= 0.6 is 0 Å². The van der Waals surface area contributed by atoms with Crippen LogP contribution in [0, 0.1) is 13.8 Å². The molecule has 0 atom stereocenters. The Kier molecular flexibility index (Phi) is 6.24. The van der Waals surface area contributed by atoms with E-state index in [0.717, 1.165) is 22.4 Å². The number of halogens is 3. The Morgan fingerprint density at radius 1 is 1.04 bits per heavy atom. The van der Waals surface area contributed by atoms with Gasteiger partial charge in [-0.15, -0.1) is 0 Å². The fraction of sp³-hybridized carbons (Fsp3) is 0.167. The summed E-state index contributed by atoms with van der Waals surface area (Å²) < 4.78 is 31.7. The number of anilines is 1.